The molecule has 0 saturated carbocycles. The van der Waals surface area contributed by atoms with Gasteiger partial charge in [0.2, 0.25) is 0 Å². The molecule has 0 aliphatic carbocycles. The average molecular weight is 547 g/mol. The molecule has 0 fully saturated rings. The number of hydrogen-bond donors (Lipinski definition) is 0. The first-order valence-corrected chi connectivity index (χ1v) is 21.1. The van der Waals surface area contributed by atoms with E-state index in [0.29, 0.717) is 23.8 Å². The summed E-state index contributed by atoms with van der Waals surface area (Å²) in [6, 6.07) is 0. The van der Waals surface area contributed by atoms with Crippen LogP contribution in [0.3, 0.4) is 0 Å². The molecule has 0 unspecified atom stereocenters. The summed E-state index contributed by atoms with van der Waals surface area (Å²) in [7, 11) is -5.70. The predicted molar refractivity (Wildman–Crippen MR) is 142 cm³/mol. The van der Waals surface area contributed by atoms with E-state index < -0.39 is 22.9 Å². The van der Waals surface area contributed by atoms with Crippen LogP contribution in [-0.2, 0) is 10.1 Å². The van der Waals surface area contributed by atoms with Gasteiger partial charge in [0.1, 0.15) is 0 Å². The molecule has 0 aromatic heterocycles. The van der Waals surface area contributed by atoms with Crippen molar-refractivity contribution in [2.45, 2.75) is 47.1 Å². The Morgan fingerprint density at radius 2 is 0.871 bits per heavy atom. The highest BCUT2D eigenvalue weighted by Gasteiger charge is 2.37. The molecule has 0 aromatic rings. The quantitative estimate of drug-likeness (QED) is 0.124. The maximum Gasteiger partial charge on any atom is 0.485 e. The van der Waals surface area contributed by atoms with Crippen LogP contribution in [0.2, 0.25) is 0 Å². The summed E-state index contributed by atoms with van der Waals surface area (Å²) in [4.78, 5) is 0. The van der Waals surface area contributed by atoms with Crippen LogP contribution in [0, 0.1) is 0 Å². The van der Waals surface area contributed by atoms with E-state index in [2.05, 4.69) is 48.2 Å². The monoisotopic (exact) mass is 546 g/mol. The van der Waals surface area contributed by atoms with Crippen LogP contribution in [-0.4, -0.2) is 99.1 Å². The largest absolute Gasteiger partial charge is 0.741 e. The first-order valence-electron chi connectivity index (χ1n) is 11.3. The molecule has 0 amide bonds. The molecular formula is C20H45F3O3P4S. The molecule has 11 heteroatoms. The second-order valence-corrected chi connectivity index (χ2v) is 22.9. The molecule has 0 spiro atoms. The van der Waals surface area contributed by atoms with E-state index in [1.807, 2.05) is 0 Å². The lowest BCUT2D eigenvalue weighted by Gasteiger charge is -2.28. The summed E-state index contributed by atoms with van der Waals surface area (Å²) in [5.74, 6) is 0. The van der Waals surface area contributed by atoms with Crippen molar-refractivity contribution in [2.75, 3.05) is 80.6 Å². The highest BCUT2D eigenvalue weighted by atomic mass is 32.2. The van der Waals surface area contributed by atoms with Gasteiger partial charge in [0.15, 0.2) is 10.1 Å². The van der Waals surface area contributed by atoms with Crippen LogP contribution in [0.25, 0.3) is 0 Å². The molecule has 0 aliphatic heterocycles. The number of halogens is 3. The van der Waals surface area contributed by atoms with Gasteiger partial charge in [0.25, 0.3) is 0 Å². The van der Waals surface area contributed by atoms with Crippen LogP contribution in [0.5, 0.6) is 0 Å². The maximum atomic E-state index is 10.7. The minimum absolute atomic E-state index is 0.351. The van der Waals surface area contributed by atoms with Crippen molar-refractivity contribution in [3.8, 4) is 0 Å². The number of hydrogen-bond acceptors (Lipinski definition) is 3. The standard InChI is InChI=1S/C19H45P4.CHF3O3S/c1-8-20(9-2)14-17-23(7,18-15-21(10-3)11-4)19-16-22(12-5)13-6;2-1(3,4)8(5,6)7/h8-19H2,1-7H3;(H,5,6,7)/q+1;/p-1. The van der Waals surface area contributed by atoms with Crippen LogP contribution < -0.4 is 0 Å². The lowest BCUT2D eigenvalue weighted by Crippen LogP contribution is -2.21. The molecule has 0 saturated heterocycles. The Bertz CT molecular complexity index is 495. The molecule has 0 bridgehead atoms. The van der Waals surface area contributed by atoms with E-state index in [0.717, 1.165) is 0 Å². The Kier molecular flexibility index (Phi) is 19.9. The van der Waals surface area contributed by atoms with E-state index in [-0.39, 0.29) is 0 Å². The van der Waals surface area contributed by atoms with Gasteiger partial charge in [-0.3, -0.25) is 0 Å². The smallest absolute Gasteiger partial charge is 0.485 e. The SMILES string of the molecule is CCP(CC)CC[P+](C)(CCP(CC)CC)CCP(CC)CC.O=S(=O)([O-])C(F)(F)F. The molecule has 0 heterocycles. The van der Waals surface area contributed by atoms with Crippen molar-refractivity contribution in [2.24, 2.45) is 0 Å². The topological polar surface area (TPSA) is 57.2 Å². The Labute approximate surface area is 194 Å². The van der Waals surface area contributed by atoms with Crippen LogP contribution in [0.1, 0.15) is 41.5 Å². The zero-order valence-corrected chi connectivity index (χ0v) is 24.9. The lowest BCUT2D eigenvalue weighted by atomic mass is 10.9. The first kappa shape index (κ1) is 34.6. The van der Waals surface area contributed by atoms with E-state index in [4.69, 9.17) is 13.0 Å². The Morgan fingerprint density at radius 1 is 0.677 bits per heavy atom. The Balaban J connectivity index is 0. The predicted octanol–water partition coefficient (Wildman–Crippen LogP) is 7.25. The normalized spacial score (nSPS) is 13.1. The fourth-order valence-electron chi connectivity index (χ4n) is 3.10. The summed E-state index contributed by atoms with van der Waals surface area (Å²) in [5, 5.41) is 0. The second kappa shape index (κ2) is 17.8. The van der Waals surface area contributed by atoms with Gasteiger partial charge in [-0.1, -0.05) is 41.5 Å². The molecule has 0 radical (unpaired) electrons. The highest BCUT2D eigenvalue weighted by Crippen LogP contribution is 2.60. The van der Waals surface area contributed by atoms with Crippen LogP contribution in [0.15, 0.2) is 0 Å². The summed E-state index contributed by atoms with van der Waals surface area (Å²) in [6.07, 6.45) is 18.3. The Hall–Kier alpha value is 1.42. The zero-order valence-electron chi connectivity index (χ0n) is 20.5. The van der Waals surface area contributed by atoms with Crippen molar-refractivity contribution in [1.29, 1.82) is 0 Å². The fourth-order valence-corrected chi connectivity index (χ4v) is 16.2. The van der Waals surface area contributed by atoms with Gasteiger partial charge in [0.05, 0.1) is 18.5 Å². The van der Waals surface area contributed by atoms with Gasteiger partial charge < -0.3 is 4.55 Å². The van der Waals surface area contributed by atoms with E-state index in [1.165, 1.54) is 37.0 Å². The lowest BCUT2D eigenvalue weighted by molar-refractivity contribution is -0.0517. The van der Waals surface area contributed by atoms with Crippen molar-refractivity contribution >= 4 is 41.1 Å². The zero-order chi connectivity index (χ0) is 24.7. The highest BCUT2D eigenvalue weighted by molar-refractivity contribution is 7.86. The minimum Gasteiger partial charge on any atom is -0.741 e. The van der Waals surface area contributed by atoms with Gasteiger partial charge in [-0.05, 0) is 37.0 Å². The van der Waals surface area contributed by atoms with Crippen LogP contribution >= 0.6 is 31.0 Å². The van der Waals surface area contributed by atoms with E-state index in [9.17, 15) is 13.2 Å². The molecule has 0 rings (SSSR count). The second-order valence-electron chi connectivity index (χ2n) is 7.77. The number of alkyl halides is 3. The average Bonchev–Trinajstić information content (AvgIpc) is 2.69. The summed E-state index contributed by atoms with van der Waals surface area (Å²) in [5.41, 5.74) is -5.65. The summed E-state index contributed by atoms with van der Waals surface area (Å²) >= 11 is 0. The van der Waals surface area contributed by atoms with Crippen LogP contribution in [0.4, 0.5) is 13.2 Å². The van der Waals surface area contributed by atoms with Crippen molar-refractivity contribution in [3.05, 3.63) is 0 Å². The maximum absolute atomic E-state index is 10.7. The molecule has 31 heavy (non-hydrogen) atoms. The van der Waals surface area contributed by atoms with E-state index >= 15 is 0 Å². The van der Waals surface area contributed by atoms with Gasteiger partial charge in [0, 0.05) is 32.4 Å². The molecule has 190 valence electrons. The summed E-state index contributed by atoms with van der Waals surface area (Å²) < 4.78 is 58.9. The molecule has 0 atom stereocenters. The van der Waals surface area contributed by atoms with E-state index in [1.54, 1.807) is 37.0 Å². The molecule has 3 nitrogen and oxygen atoms in total. The molecule has 0 aliphatic rings. The summed E-state index contributed by atoms with van der Waals surface area (Å²) in [6.45, 7) is 17.3. The number of rotatable bonds is 15. The first-order chi connectivity index (χ1) is 14.2. The third-order valence-corrected chi connectivity index (χ3v) is 19.3. The molecule has 0 N–H and O–H groups in total. The van der Waals surface area contributed by atoms with Crippen molar-refractivity contribution < 1.29 is 26.1 Å². The van der Waals surface area contributed by atoms with Gasteiger partial charge >= 0.3 is 5.51 Å². The van der Waals surface area contributed by atoms with Crippen molar-refractivity contribution in [3.63, 3.8) is 0 Å². The van der Waals surface area contributed by atoms with Gasteiger partial charge in [-0.2, -0.15) is 13.2 Å². The molecule has 0 aromatic carbocycles. The van der Waals surface area contributed by atoms with Crippen molar-refractivity contribution in [1.82, 2.24) is 0 Å². The van der Waals surface area contributed by atoms with Gasteiger partial charge in [-0.25, -0.2) is 8.42 Å². The minimum atomic E-state index is -6.09. The third kappa shape index (κ3) is 16.6. The third-order valence-electron chi connectivity index (χ3n) is 5.83. The van der Waals surface area contributed by atoms with Gasteiger partial charge in [-0.15, -0.1) is 23.8 Å². The fraction of sp³-hybridized carbons (Fsp3) is 1.00. The Morgan fingerprint density at radius 3 is 1.00 bits per heavy atom. The molecular weight excluding hydrogens is 501 g/mol.